The molecule has 0 aliphatic carbocycles. The Kier molecular flexibility index (Phi) is 23.2. The van der Waals surface area contributed by atoms with E-state index in [0.29, 0.717) is 0 Å². The third-order valence-corrected chi connectivity index (χ3v) is 2.37. The molecule has 0 aromatic rings. The SMILES string of the molecule is CN(C)CCCl.Cl.Cl.ClCCN1CCOCC1. The molecule has 1 heterocycles. The van der Waals surface area contributed by atoms with Crippen molar-refractivity contribution in [3.8, 4) is 0 Å². The highest BCUT2D eigenvalue weighted by molar-refractivity contribution is 6.18. The van der Waals surface area contributed by atoms with Crippen molar-refractivity contribution in [1.29, 1.82) is 0 Å². The molecule has 108 valence electrons. The number of halogens is 4. The van der Waals surface area contributed by atoms with Crippen LogP contribution in [-0.2, 0) is 4.74 Å². The van der Waals surface area contributed by atoms with Gasteiger partial charge in [-0.1, -0.05) is 0 Å². The zero-order valence-electron chi connectivity index (χ0n) is 10.5. The molecule has 0 bridgehead atoms. The second-order valence-corrected chi connectivity index (χ2v) is 4.39. The lowest BCUT2D eigenvalue weighted by Crippen LogP contribution is -2.37. The van der Waals surface area contributed by atoms with Gasteiger partial charge in [0.25, 0.3) is 0 Å². The highest BCUT2D eigenvalue weighted by atomic mass is 35.5. The molecule has 17 heavy (non-hydrogen) atoms. The normalized spacial score (nSPS) is 15.4. The van der Waals surface area contributed by atoms with E-state index in [1.54, 1.807) is 0 Å². The molecule has 1 rings (SSSR count). The molecular weight excluding hydrogens is 306 g/mol. The molecule has 3 nitrogen and oxygen atoms in total. The van der Waals surface area contributed by atoms with Crippen LogP contribution in [0.3, 0.4) is 0 Å². The molecular formula is C10H24Cl4N2O. The average molecular weight is 330 g/mol. The zero-order valence-corrected chi connectivity index (χ0v) is 13.7. The number of morpholine rings is 1. The molecule has 0 radical (unpaired) electrons. The predicted molar refractivity (Wildman–Crippen MR) is 81.7 cm³/mol. The number of alkyl halides is 2. The molecule has 0 unspecified atom stereocenters. The summed E-state index contributed by atoms with van der Waals surface area (Å²) >= 11 is 10.9. The first-order chi connectivity index (χ1) is 7.20. The number of nitrogens with zero attached hydrogens (tertiary/aromatic N) is 2. The molecule has 1 aliphatic heterocycles. The minimum atomic E-state index is 0. The molecule has 7 heteroatoms. The van der Waals surface area contributed by atoms with Gasteiger partial charge in [0.05, 0.1) is 13.2 Å². The number of ether oxygens (including phenoxy) is 1. The maximum absolute atomic E-state index is 5.55. The highest BCUT2D eigenvalue weighted by Gasteiger charge is 2.07. The molecule has 1 saturated heterocycles. The highest BCUT2D eigenvalue weighted by Crippen LogP contribution is 1.95. The van der Waals surface area contributed by atoms with Crippen LogP contribution in [0.15, 0.2) is 0 Å². The van der Waals surface area contributed by atoms with Crippen molar-refractivity contribution in [1.82, 2.24) is 9.80 Å². The van der Waals surface area contributed by atoms with Crippen molar-refractivity contribution in [2.45, 2.75) is 0 Å². The van der Waals surface area contributed by atoms with E-state index in [-0.39, 0.29) is 24.8 Å². The van der Waals surface area contributed by atoms with Crippen molar-refractivity contribution in [2.75, 3.05) is 65.2 Å². The lowest BCUT2D eigenvalue weighted by Gasteiger charge is -2.25. The van der Waals surface area contributed by atoms with Gasteiger partial charge in [-0.2, -0.15) is 0 Å². The minimum absolute atomic E-state index is 0. The summed E-state index contributed by atoms with van der Waals surface area (Å²) in [6.45, 7) is 5.82. The zero-order chi connectivity index (χ0) is 11.5. The van der Waals surface area contributed by atoms with Crippen LogP contribution in [0.5, 0.6) is 0 Å². The van der Waals surface area contributed by atoms with Gasteiger partial charge < -0.3 is 9.64 Å². The Balaban J connectivity index is -0.000000221. The van der Waals surface area contributed by atoms with Crippen LogP contribution < -0.4 is 0 Å². The first kappa shape index (κ1) is 23.2. The lowest BCUT2D eigenvalue weighted by atomic mass is 10.4. The first-order valence-electron chi connectivity index (χ1n) is 5.27. The molecule has 1 fully saturated rings. The summed E-state index contributed by atoms with van der Waals surface area (Å²) in [6.07, 6.45) is 0. The fraction of sp³-hybridized carbons (Fsp3) is 1.00. The Hall–Kier alpha value is 1.04. The molecule has 1 aliphatic rings. The van der Waals surface area contributed by atoms with Crippen LogP contribution in [0.25, 0.3) is 0 Å². The maximum atomic E-state index is 5.55. The Bertz CT molecular complexity index is 133. The van der Waals surface area contributed by atoms with E-state index >= 15 is 0 Å². The summed E-state index contributed by atoms with van der Waals surface area (Å²) in [7, 11) is 4.00. The van der Waals surface area contributed by atoms with Crippen LogP contribution in [-0.4, -0.2) is 75.0 Å². The van der Waals surface area contributed by atoms with Crippen molar-refractivity contribution >= 4 is 48.0 Å². The third-order valence-electron chi connectivity index (χ3n) is 2.04. The Morgan fingerprint density at radius 2 is 1.59 bits per heavy atom. The Labute approximate surface area is 128 Å². The molecule has 0 aromatic heterocycles. The molecule has 0 spiro atoms. The van der Waals surface area contributed by atoms with Crippen molar-refractivity contribution in [3.05, 3.63) is 0 Å². The fourth-order valence-corrected chi connectivity index (χ4v) is 1.69. The maximum Gasteiger partial charge on any atom is 0.0594 e. The second-order valence-electron chi connectivity index (χ2n) is 3.64. The Morgan fingerprint density at radius 3 is 1.88 bits per heavy atom. The van der Waals surface area contributed by atoms with Gasteiger partial charge in [0.1, 0.15) is 0 Å². The van der Waals surface area contributed by atoms with Crippen LogP contribution in [0.4, 0.5) is 0 Å². The van der Waals surface area contributed by atoms with E-state index in [4.69, 9.17) is 27.9 Å². The number of rotatable bonds is 4. The molecule has 0 atom stereocenters. The quantitative estimate of drug-likeness (QED) is 0.735. The van der Waals surface area contributed by atoms with Crippen molar-refractivity contribution in [2.24, 2.45) is 0 Å². The first-order valence-corrected chi connectivity index (χ1v) is 6.34. The third kappa shape index (κ3) is 17.0. The second kappa shape index (κ2) is 17.0. The summed E-state index contributed by atoms with van der Waals surface area (Å²) in [4.78, 5) is 4.36. The summed E-state index contributed by atoms with van der Waals surface area (Å²) < 4.78 is 5.16. The van der Waals surface area contributed by atoms with E-state index in [9.17, 15) is 0 Å². The summed E-state index contributed by atoms with van der Waals surface area (Å²) in [6, 6.07) is 0. The number of hydrogen-bond donors (Lipinski definition) is 0. The van der Waals surface area contributed by atoms with Gasteiger partial charge in [0.15, 0.2) is 0 Å². The van der Waals surface area contributed by atoms with Crippen LogP contribution in [0.1, 0.15) is 0 Å². The number of hydrogen-bond acceptors (Lipinski definition) is 3. The van der Waals surface area contributed by atoms with Gasteiger partial charge in [-0.05, 0) is 14.1 Å². The van der Waals surface area contributed by atoms with Crippen molar-refractivity contribution < 1.29 is 4.74 Å². The van der Waals surface area contributed by atoms with Gasteiger partial charge in [-0.25, -0.2) is 0 Å². The predicted octanol–water partition coefficient (Wildman–Crippen LogP) is 2.19. The van der Waals surface area contributed by atoms with Gasteiger partial charge in [-0.15, -0.1) is 48.0 Å². The van der Waals surface area contributed by atoms with E-state index in [2.05, 4.69) is 4.90 Å². The Morgan fingerprint density at radius 1 is 1.06 bits per heavy atom. The van der Waals surface area contributed by atoms with Gasteiger partial charge in [0.2, 0.25) is 0 Å². The molecule has 0 N–H and O–H groups in total. The smallest absolute Gasteiger partial charge is 0.0594 e. The fourth-order valence-electron chi connectivity index (χ4n) is 1.11. The van der Waals surface area contributed by atoms with Crippen LogP contribution in [0.2, 0.25) is 0 Å². The van der Waals surface area contributed by atoms with Gasteiger partial charge >= 0.3 is 0 Å². The van der Waals surface area contributed by atoms with E-state index in [1.165, 1.54) is 0 Å². The van der Waals surface area contributed by atoms with Gasteiger partial charge in [0, 0.05) is 37.9 Å². The summed E-state index contributed by atoms with van der Waals surface area (Å²) in [5.41, 5.74) is 0. The molecule has 0 aromatic carbocycles. The lowest BCUT2D eigenvalue weighted by molar-refractivity contribution is 0.0408. The minimum Gasteiger partial charge on any atom is -0.379 e. The largest absolute Gasteiger partial charge is 0.379 e. The van der Waals surface area contributed by atoms with Crippen LogP contribution >= 0.6 is 48.0 Å². The molecule has 0 amide bonds. The van der Waals surface area contributed by atoms with Crippen molar-refractivity contribution in [3.63, 3.8) is 0 Å². The summed E-state index contributed by atoms with van der Waals surface area (Å²) in [5.74, 6) is 1.47. The van der Waals surface area contributed by atoms with E-state index in [0.717, 1.165) is 51.2 Å². The standard InChI is InChI=1S/C6H12ClNO.C4H10ClN.2ClH/c7-1-2-8-3-5-9-6-4-8;1-6(2)4-3-5;;/h1-6H2;3-4H2,1-2H3;2*1H. The van der Waals surface area contributed by atoms with Gasteiger partial charge in [-0.3, -0.25) is 4.90 Å². The monoisotopic (exact) mass is 328 g/mol. The average Bonchev–Trinajstić information content (AvgIpc) is 2.20. The van der Waals surface area contributed by atoms with Crippen LogP contribution in [0, 0.1) is 0 Å². The van der Waals surface area contributed by atoms with E-state index in [1.807, 2.05) is 19.0 Å². The topological polar surface area (TPSA) is 15.7 Å². The molecule has 0 saturated carbocycles. The van der Waals surface area contributed by atoms with E-state index < -0.39 is 0 Å². The summed E-state index contributed by atoms with van der Waals surface area (Å²) in [5, 5.41) is 0.